The molecule has 0 saturated heterocycles. The molecule has 114 valence electrons. The van der Waals surface area contributed by atoms with Gasteiger partial charge in [0, 0.05) is 21.6 Å². The number of amides is 1. The first-order valence-corrected chi connectivity index (χ1v) is 8.79. The zero-order chi connectivity index (χ0) is 15.6. The van der Waals surface area contributed by atoms with E-state index in [0.29, 0.717) is 11.6 Å². The fraction of sp³-hybridized carbons (Fsp3) is 0.438. The van der Waals surface area contributed by atoms with Gasteiger partial charge in [-0.15, -0.1) is 11.3 Å². The van der Waals surface area contributed by atoms with E-state index in [1.807, 2.05) is 28.3 Å². The number of nitrogens with one attached hydrogen (secondary N) is 1. The van der Waals surface area contributed by atoms with Crippen molar-refractivity contribution in [2.24, 2.45) is 5.92 Å². The molecule has 1 unspecified atom stereocenters. The first kappa shape index (κ1) is 16.3. The van der Waals surface area contributed by atoms with E-state index < -0.39 is 0 Å². The molecule has 1 amide bonds. The Kier molecular flexibility index (Phi) is 5.27. The molecule has 0 fully saturated rings. The maximum atomic E-state index is 12.6. The summed E-state index contributed by atoms with van der Waals surface area (Å²) in [5, 5.41) is 5.22. The van der Waals surface area contributed by atoms with Crippen molar-refractivity contribution in [2.75, 3.05) is 0 Å². The molecule has 1 atom stereocenters. The first-order valence-electron chi connectivity index (χ1n) is 7.11. The minimum absolute atomic E-state index is 0.0264. The average molecular weight is 369 g/mol. The second-order valence-electron chi connectivity index (χ2n) is 5.76. The third-order valence-electron chi connectivity index (χ3n) is 3.41. The molecule has 0 radical (unpaired) electrons. The number of hydrogen-bond acceptors (Lipinski definition) is 2. The molecule has 0 saturated carbocycles. The maximum absolute atomic E-state index is 12.6. The summed E-state index contributed by atoms with van der Waals surface area (Å²) in [6.45, 7) is 8.40. The molecule has 2 rings (SSSR count). The van der Waals surface area contributed by atoms with Gasteiger partial charge in [-0.25, -0.2) is 0 Å². The van der Waals surface area contributed by atoms with Gasteiger partial charge in [-0.05, 0) is 53.2 Å². The van der Waals surface area contributed by atoms with Gasteiger partial charge < -0.3 is 9.88 Å². The fourth-order valence-electron chi connectivity index (χ4n) is 2.30. The van der Waals surface area contributed by atoms with Crippen molar-refractivity contribution >= 4 is 33.2 Å². The Bertz CT molecular complexity index is 602. The number of hydrogen-bond donors (Lipinski definition) is 1. The first-order chi connectivity index (χ1) is 9.90. The number of aromatic nitrogens is 1. The number of rotatable bonds is 5. The smallest absolute Gasteiger partial charge is 0.268 e. The molecule has 3 nitrogen and oxygen atoms in total. The van der Waals surface area contributed by atoms with Gasteiger partial charge in [0.15, 0.2) is 0 Å². The monoisotopic (exact) mass is 368 g/mol. The molecule has 1 N–H and O–H groups in total. The summed E-state index contributed by atoms with van der Waals surface area (Å²) in [5.74, 6) is 0.319. The molecule has 2 aromatic rings. The molecule has 5 heteroatoms. The molecule has 21 heavy (non-hydrogen) atoms. The van der Waals surface area contributed by atoms with Crippen LogP contribution in [0.1, 0.15) is 55.1 Å². The average Bonchev–Trinajstić information content (AvgIpc) is 3.04. The van der Waals surface area contributed by atoms with Gasteiger partial charge in [0.1, 0.15) is 5.69 Å². The van der Waals surface area contributed by atoms with Crippen molar-refractivity contribution in [1.29, 1.82) is 0 Å². The van der Waals surface area contributed by atoms with Crippen LogP contribution in [0.15, 0.2) is 34.2 Å². The van der Waals surface area contributed by atoms with E-state index in [-0.39, 0.29) is 18.0 Å². The predicted octanol–water partition coefficient (Wildman–Crippen LogP) is 5.02. The molecule has 0 aliphatic heterocycles. The summed E-state index contributed by atoms with van der Waals surface area (Å²) in [5.41, 5.74) is 0.694. The van der Waals surface area contributed by atoms with Crippen LogP contribution in [-0.2, 0) is 0 Å². The second kappa shape index (κ2) is 6.79. The van der Waals surface area contributed by atoms with Crippen LogP contribution in [0.5, 0.6) is 0 Å². The van der Waals surface area contributed by atoms with Crippen LogP contribution < -0.4 is 5.32 Å². The standard InChI is InChI=1S/C16H21BrN2OS/c1-10(2)15(14-6-5-7-21-14)18-16(20)13-8-12(17)9-19(13)11(3)4/h5-11,15H,1-4H3,(H,18,20). The third kappa shape index (κ3) is 3.77. The summed E-state index contributed by atoms with van der Waals surface area (Å²) in [6, 6.07) is 6.27. The Morgan fingerprint density at radius 3 is 2.57 bits per heavy atom. The molecule has 0 aromatic carbocycles. The summed E-state index contributed by atoms with van der Waals surface area (Å²) < 4.78 is 2.92. The molecule has 2 heterocycles. The molecular weight excluding hydrogens is 348 g/mol. The van der Waals surface area contributed by atoms with E-state index in [2.05, 4.69) is 55.0 Å². The van der Waals surface area contributed by atoms with Crippen molar-refractivity contribution in [2.45, 2.75) is 39.8 Å². The quantitative estimate of drug-likeness (QED) is 0.789. The number of nitrogens with zero attached hydrogens (tertiary/aromatic N) is 1. The maximum Gasteiger partial charge on any atom is 0.268 e. The number of halogens is 1. The lowest BCUT2D eigenvalue weighted by Gasteiger charge is -2.22. The highest BCUT2D eigenvalue weighted by Gasteiger charge is 2.22. The molecule has 0 bridgehead atoms. The van der Waals surface area contributed by atoms with E-state index in [1.54, 1.807) is 11.3 Å². The van der Waals surface area contributed by atoms with E-state index in [4.69, 9.17) is 0 Å². The summed E-state index contributed by atoms with van der Waals surface area (Å²) in [4.78, 5) is 13.8. The number of thiophene rings is 1. The van der Waals surface area contributed by atoms with Crippen molar-refractivity contribution in [3.05, 3.63) is 44.8 Å². The topological polar surface area (TPSA) is 34.0 Å². The minimum Gasteiger partial charge on any atom is -0.343 e. The van der Waals surface area contributed by atoms with Crippen LogP contribution in [0, 0.1) is 5.92 Å². The molecule has 0 aliphatic carbocycles. The van der Waals surface area contributed by atoms with E-state index in [0.717, 1.165) is 4.47 Å². The highest BCUT2D eigenvalue weighted by molar-refractivity contribution is 9.10. The normalized spacial score (nSPS) is 12.9. The van der Waals surface area contributed by atoms with Gasteiger partial charge in [-0.2, -0.15) is 0 Å². The number of carbonyl (C=O) groups excluding carboxylic acids is 1. The van der Waals surface area contributed by atoms with E-state index >= 15 is 0 Å². The lowest BCUT2D eigenvalue weighted by atomic mass is 10.0. The SMILES string of the molecule is CC(C)C(NC(=O)c1cc(Br)cn1C(C)C)c1cccs1. The highest BCUT2D eigenvalue weighted by Crippen LogP contribution is 2.27. The Morgan fingerprint density at radius 1 is 1.33 bits per heavy atom. The summed E-state index contributed by atoms with van der Waals surface area (Å²) >= 11 is 5.14. The van der Waals surface area contributed by atoms with Gasteiger partial charge in [-0.1, -0.05) is 19.9 Å². The van der Waals surface area contributed by atoms with Gasteiger partial charge in [-0.3, -0.25) is 4.79 Å². The molecule has 2 aromatic heterocycles. The van der Waals surface area contributed by atoms with Crippen molar-refractivity contribution in [1.82, 2.24) is 9.88 Å². The van der Waals surface area contributed by atoms with Crippen molar-refractivity contribution in [3.8, 4) is 0 Å². The molecule has 0 aliphatic rings. The van der Waals surface area contributed by atoms with Crippen LogP contribution in [0.2, 0.25) is 0 Å². The Labute approximate surface area is 138 Å². The van der Waals surface area contributed by atoms with Crippen molar-refractivity contribution in [3.63, 3.8) is 0 Å². The second-order valence-corrected chi connectivity index (χ2v) is 7.65. The fourth-order valence-corrected chi connectivity index (χ4v) is 3.69. The minimum atomic E-state index is -0.0264. The highest BCUT2D eigenvalue weighted by atomic mass is 79.9. The van der Waals surface area contributed by atoms with Gasteiger partial charge in [0.05, 0.1) is 6.04 Å². The molecule has 0 spiro atoms. The van der Waals surface area contributed by atoms with Gasteiger partial charge in [0.2, 0.25) is 0 Å². The Balaban J connectivity index is 2.24. The number of carbonyl (C=O) groups is 1. The predicted molar refractivity (Wildman–Crippen MR) is 91.9 cm³/mol. The zero-order valence-electron chi connectivity index (χ0n) is 12.8. The van der Waals surface area contributed by atoms with Crippen LogP contribution in [0.3, 0.4) is 0 Å². The summed E-state index contributed by atoms with van der Waals surface area (Å²) in [6.07, 6.45) is 1.95. The van der Waals surface area contributed by atoms with Gasteiger partial charge >= 0.3 is 0 Å². The van der Waals surface area contributed by atoms with Crippen LogP contribution >= 0.6 is 27.3 Å². The van der Waals surface area contributed by atoms with E-state index in [1.165, 1.54) is 4.88 Å². The largest absolute Gasteiger partial charge is 0.343 e. The third-order valence-corrected chi connectivity index (χ3v) is 4.80. The van der Waals surface area contributed by atoms with E-state index in [9.17, 15) is 4.79 Å². The van der Waals surface area contributed by atoms with Crippen LogP contribution in [0.25, 0.3) is 0 Å². The van der Waals surface area contributed by atoms with Crippen LogP contribution in [0.4, 0.5) is 0 Å². The van der Waals surface area contributed by atoms with Crippen molar-refractivity contribution < 1.29 is 4.79 Å². The summed E-state index contributed by atoms with van der Waals surface area (Å²) in [7, 11) is 0. The zero-order valence-corrected chi connectivity index (χ0v) is 15.2. The lowest BCUT2D eigenvalue weighted by Crippen LogP contribution is -2.32. The lowest BCUT2D eigenvalue weighted by molar-refractivity contribution is 0.0915. The van der Waals surface area contributed by atoms with Crippen LogP contribution in [-0.4, -0.2) is 10.5 Å². The Hall–Kier alpha value is -1.07. The Morgan fingerprint density at radius 2 is 2.05 bits per heavy atom. The van der Waals surface area contributed by atoms with Gasteiger partial charge in [0.25, 0.3) is 5.91 Å². The molecular formula is C16H21BrN2OS.